The maximum absolute atomic E-state index is 12.4. The Kier molecular flexibility index (Phi) is 3.28. The molecule has 1 fully saturated rings. The molecule has 4 N–H and O–H groups in total. The van der Waals surface area contributed by atoms with Gasteiger partial charge < -0.3 is 20.8 Å². The summed E-state index contributed by atoms with van der Waals surface area (Å²) < 4.78 is 2.73. The van der Waals surface area contributed by atoms with Crippen molar-refractivity contribution >= 4 is 17.3 Å². The zero-order chi connectivity index (χ0) is 15.9. The molecule has 0 radical (unpaired) electrons. The van der Waals surface area contributed by atoms with Gasteiger partial charge in [-0.1, -0.05) is 0 Å². The van der Waals surface area contributed by atoms with Crippen molar-refractivity contribution in [3.8, 4) is 0 Å². The van der Waals surface area contributed by atoms with E-state index in [-0.39, 0.29) is 38.0 Å². The van der Waals surface area contributed by atoms with Gasteiger partial charge in [0, 0.05) is 13.1 Å². The predicted molar refractivity (Wildman–Crippen MR) is 77.6 cm³/mol. The summed E-state index contributed by atoms with van der Waals surface area (Å²) in [6, 6.07) is 1.53. The number of nitrogen functional groups attached to an aromatic ring is 1. The number of nitrogens with two attached hydrogens (primary N) is 1. The molecule has 1 aliphatic rings. The fraction of sp³-hybridized carbons (Fsp3) is 0.462. The Hall–Kier alpha value is -2.55. The number of rotatable bonds is 2. The third-order valence-electron chi connectivity index (χ3n) is 4.05. The monoisotopic (exact) mass is 307 g/mol. The number of anilines is 1. The lowest BCUT2D eigenvalue weighted by atomic mass is 9.91. The molecule has 3 rings (SSSR count). The van der Waals surface area contributed by atoms with Crippen LogP contribution >= 0.6 is 0 Å². The lowest BCUT2D eigenvalue weighted by molar-refractivity contribution is -0.0305. The molecule has 3 heterocycles. The molecule has 0 spiro atoms. The highest BCUT2D eigenvalue weighted by molar-refractivity contribution is 5.65. The molecule has 1 aliphatic heterocycles. The average Bonchev–Trinajstić information content (AvgIpc) is 2.84. The maximum atomic E-state index is 12.4. The van der Waals surface area contributed by atoms with Gasteiger partial charge in [-0.25, -0.2) is 9.31 Å². The largest absolute Gasteiger partial charge is 0.465 e. The first-order valence-corrected chi connectivity index (χ1v) is 6.91. The van der Waals surface area contributed by atoms with E-state index in [0.29, 0.717) is 11.2 Å². The van der Waals surface area contributed by atoms with Crippen LogP contribution in [0.15, 0.2) is 23.4 Å². The van der Waals surface area contributed by atoms with Crippen LogP contribution in [-0.4, -0.2) is 54.1 Å². The van der Waals surface area contributed by atoms with Crippen LogP contribution in [-0.2, 0) is 6.54 Å². The SMILES string of the molecule is Nc1cc2c(=O)n(CC3(O)CCN(C(=O)O)CC3)cnn2c1. The summed E-state index contributed by atoms with van der Waals surface area (Å²) in [5.41, 5.74) is 5.02. The van der Waals surface area contributed by atoms with Crippen molar-refractivity contribution in [2.45, 2.75) is 25.0 Å². The van der Waals surface area contributed by atoms with Crippen molar-refractivity contribution < 1.29 is 15.0 Å². The molecule has 0 unspecified atom stereocenters. The molecule has 0 saturated carbocycles. The van der Waals surface area contributed by atoms with E-state index in [1.165, 1.54) is 26.4 Å². The first-order chi connectivity index (χ1) is 10.4. The molecule has 118 valence electrons. The number of hydrogen-bond donors (Lipinski definition) is 3. The third-order valence-corrected chi connectivity index (χ3v) is 4.05. The smallest absolute Gasteiger partial charge is 0.407 e. The van der Waals surface area contributed by atoms with Crippen molar-refractivity contribution in [3.63, 3.8) is 0 Å². The van der Waals surface area contributed by atoms with Crippen LogP contribution in [0.4, 0.5) is 10.5 Å². The highest BCUT2D eigenvalue weighted by Crippen LogP contribution is 2.23. The molecular formula is C13H17N5O4. The molecule has 9 heteroatoms. The van der Waals surface area contributed by atoms with Crippen molar-refractivity contribution in [1.29, 1.82) is 0 Å². The van der Waals surface area contributed by atoms with Crippen LogP contribution in [0.5, 0.6) is 0 Å². The zero-order valence-corrected chi connectivity index (χ0v) is 11.8. The summed E-state index contributed by atoms with van der Waals surface area (Å²) >= 11 is 0. The molecular weight excluding hydrogens is 290 g/mol. The van der Waals surface area contributed by atoms with E-state index in [1.54, 1.807) is 6.20 Å². The Labute approximate surface area is 125 Å². The first-order valence-electron chi connectivity index (χ1n) is 6.91. The lowest BCUT2D eigenvalue weighted by Gasteiger charge is -2.37. The van der Waals surface area contributed by atoms with Gasteiger partial charge in [0.15, 0.2) is 0 Å². The number of aliphatic hydroxyl groups is 1. The van der Waals surface area contributed by atoms with Gasteiger partial charge in [0.1, 0.15) is 11.8 Å². The van der Waals surface area contributed by atoms with Crippen molar-refractivity contribution in [3.05, 3.63) is 28.9 Å². The molecule has 2 aromatic heterocycles. The van der Waals surface area contributed by atoms with E-state index < -0.39 is 11.7 Å². The molecule has 0 aromatic carbocycles. The van der Waals surface area contributed by atoms with Crippen LogP contribution in [0.1, 0.15) is 12.8 Å². The Morgan fingerprint density at radius 3 is 2.73 bits per heavy atom. The second-order valence-corrected chi connectivity index (χ2v) is 5.66. The highest BCUT2D eigenvalue weighted by Gasteiger charge is 2.34. The zero-order valence-electron chi connectivity index (χ0n) is 11.8. The molecule has 2 aromatic rings. The minimum absolute atomic E-state index is 0.0773. The molecule has 22 heavy (non-hydrogen) atoms. The van der Waals surface area contributed by atoms with E-state index in [0.717, 1.165) is 0 Å². The van der Waals surface area contributed by atoms with Gasteiger partial charge >= 0.3 is 6.09 Å². The second-order valence-electron chi connectivity index (χ2n) is 5.66. The third kappa shape index (κ3) is 2.50. The summed E-state index contributed by atoms with van der Waals surface area (Å²) in [7, 11) is 0. The van der Waals surface area contributed by atoms with E-state index in [2.05, 4.69) is 5.10 Å². The van der Waals surface area contributed by atoms with Gasteiger partial charge in [-0.15, -0.1) is 0 Å². The Balaban J connectivity index is 1.83. The summed E-state index contributed by atoms with van der Waals surface area (Å²) in [4.78, 5) is 24.5. The normalized spacial score (nSPS) is 17.8. The number of fused-ring (bicyclic) bond motifs is 1. The molecule has 1 amide bonds. The quantitative estimate of drug-likeness (QED) is 0.692. The topological polar surface area (TPSA) is 126 Å². The fourth-order valence-electron chi connectivity index (χ4n) is 2.75. The van der Waals surface area contributed by atoms with Gasteiger partial charge in [-0.05, 0) is 18.9 Å². The lowest BCUT2D eigenvalue weighted by Crippen LogP contribution is -2.49. The maximum Gasteiger partial charge on any atom is 0.407 e. The number of aromatic nitrogens is 3. The fourth-order valence-corrected chi connectivity index (χ4v) is 2.75. The van der Waals surface area contributed by atoms with Gasteiger partial charge in [-0.3, -0.25) is 9.36 Å². The Morgan fingerprint density at radius 1 is 1.41 bits per heavy atom. The summed E-state index contributed by atoms with van der Waals surface area (Å²) in [5.74, 6) is 0. The van der Waals surface area contributed by atoms with Gasteiger partial charge in [0.25, 0.3) is 5.56 Å². The van der Waals surface area contributed by atoms with Gasteiger partial charge in [0.05, 0.1) is 24.0 Å². The molecule has 9 nitrogen and oxygen atoms in total. The van der Waals surface area contributed by atoms with Crippen LogP contribution < -0.4 is 11.3 Å². The molecule has 0 atom stereocenters. The van der Waals surface area contributed by atoms with Gasteiger partial charge in [0.2, 0.25) is 0 Å². The summed E-state index contributed by atoms with van der Waals surface area (Å²) in [5, 5.41) is 23.6. The van der Waals surface area contributed by atoms with E-state index in [9.17, 15) is 14.7 Å². The standard InChI is InChI=1S/C13H17N5O4/c14-9-5-10-11(19)17(8-15-18(10)6-9)7-13(22)1-3-16(4-2-13)12(20)21/h5-6,8,22H,1-4,7,14H2,(H,20,21). The van der Waals surface area contributed by atoms with Crippen LogP contribution in [0.2, 0.25) is 0 Å². The molecule has 1 saturated heterocycles. The number of hydrogen-bond acceptors (Lipinski definition) is 5. The number of amides is 1. The predicted octanol–water partition coefficient (Wildman–Crippen LogP) is -0.417. The minimum Gasteiger partial charge on any atom is -0.465 e. The number of piperidine rings is 1. The molecule has 0 aliphatic carbocycles. The second kappa shape index (κ2) is 5.02. The Bertz CT molecular complexity index is 772. The average molecular weight is 307 g/mol. The number of carbonyl (C=O) groups is 1. The number of likely N-dealkylation sites (tertiary alicyclic amines) is 1. The van der Waals surface area contributed by atoms with E-state index in [1.807, 2.05) is 0 Å². The summed E-state index contributed by atoms with van der Waals surface area (Å²) in [6.07, 6.45) is 2.46. The van der Waals surface area contributed by atoms with Crippen molar-refractivity contribution in [1.82, 2.24) is 19.1 Å². The van der Waals surface area contributed by atoms with Crippen LogP contribution in [0, 0.1) is 0 Å². The van der Waals surface area contributed by atoms with E-state index in [4.69, 9.17) is 10.8 Å². The highest BCUT2D eigenvalue weighted by atomic mass is 16.4. The number of nitrogens with zero attached hydrogens (tertiary/aromatic N) is 4. The first kappa shape index (κ1) is 14.4. The number of carboxylic acid groups (broad SMARTS) is 1. The minimum atomic E-state index is -1.12. The van der Waals surface area contributed by atoms with Crippen LogP contribution in [0.3, 0.4) is 0 Å². The summed E-state index contributed by atoms with van der Waals surface area (Å²) in [6.45, 7) is 0.566. The van der Waals surface area contributed by atoms with Crippen LogP contribution in [0.25, 0.3) is 5.52 Å². The van der Waals surface area contributed by atoms with Crippen molar-refractivity contribution in [2.24, 2.45) is 0 Å². The van der Waals surface area contributed by atoms with E-state index >= 15 is 0 Å². The molecule has 0 bridgehead atoms. The van der Waals surface area contributed by atoms with Gasteiger partial charge in [-0.2, -0.15) is 5.10 Å². The van der Waals surface area contributed by atoms with Crippen molar-refractivity contribution in [2.75, 3.05) is 18.8 Å². The Morgan fingerprint density at radius 2 is 2.09 bits per heavy atom.